The molecule has 1 aliphatic heterocycles. The fourth-order valence-corrected chi connectivity index (χ4v) is 3.88. The summed E-state index contributed by atoms with van der Waals surface area (Å²) in [5.41, 5.74) is -0.483. The minimum atomic E-state index is -0.483. The number of hydrogen-bond donors (Lipinski definition) is 1. The fourth-order valence-electron chi connectivity index (χ4n) is 3.88. The van der Waals surface area contributed by atoms with Crippen molar-refractivity contribution in [3.63, 3.8) is 0 Å². The maximum absolute atomic E-state index is 10.8. The summed E-state index contributed by atoms with van der Waals surface area (Å²) in [7, 11) is 1.68. The summed E-state index contributed by atoms with van der Waals surface area (Å²) in [4.78, 5) is 2.42. The Bertz CT molecular complexity index is 451. The highest BCUT2D eigenvalue weighted by molar-refractivity contribution is 5.12. The first kappa shape index (κ1) is 15.1. The highest BCUT2D eigenvalue weighted by Crippen LogP contribution is 2.37. The third-order valence-electron chi connectivity index (χ3n) is 4.94. The molecule has 1 saturated heterocycles. The van der Waals surface area contributed by atoms with Crippen LogP contribution in [0.3, 0.4) is 0 Å². The molecule has 1 N–H and O–H groups in total. The van der Waals surface area contributed by atoms with E-state index >= 15 is 0 Å². The van der Waals surface area contributed by atoms with Crippen LogP contribution in [0.2, 0.25) is 0 Å². The van der Waals surface area contributed by atoms with E-state index in [-0.39, 0.29) is 0 Å². The summed E-state index contributed by atoms with van der Waals surface area (Å²) in [6.07, 6.45) is 7.79. The van der Waals surface area contributed by atoms with E-state index in [1.54, 1.807) is 7.11 Å². The molecule has 1 aromatic rings. The summed E-state index contributed by atoms with van der Waals surface area (Å²) in [6.45, 7) is 2.38. The van der Waals surface area contributed by atoms with Gasteiger partial charge in [0.15, 0.2) is 0 Å². The van der Waals surface area contributed by atoms with Crippen LogP contribution in [-0.2, 0) is 11.3 Å². The molecule has 0 aromatic carbocycles. The first-order valence-electron chi connectivity index (χ1n) is 8.24. The molecule has 1 unspecified atom stereocenters. The Labute approximate surface area is 127 Å². The maximum Gasteiger partial charge on any atom is 0.129 e. The van der Waals surface area contributed by atoms with Crippen LogP contribution in [0.4, 0.5) is 0 Å². The molecule has 3 rings (SSSR count). The monoisotopic (exact) mass is 293 g/mol. The quantitative estimate of drug-likeness (QED) is 0.905. The minimum absolute atomic E-state index is 0.321. The van der Waals surface area contributed by atoms with Gasteiger partial charge in [-0.3, -0.25) is 4.90 Å². The van der Waals surface area contributed by atoms with Crippen molar-refractivity contribution in [2.24, 2.45) is 0 Å². The van der Waals surface area contributed by atoms with E-state index < -0.39 is 5.60 Å². The Hall–Kier alpha value is -0.840. The van der Waals surface area contributed by atoms with Crippen LogP contribution in [0.5, 0.6) is 0 Å². The van der Waals surface area contributed by atoms with Gasteiger partial charge < -0.3 is 14.3 Å². The second kappa shape index (κ2) is 6.51. The van der Waals surface area contributed by atoms with Gasteiger partial charge >= 0.3 is 0 Å². The van der Waals surface area contributed by atoms with Gasteiger partial charge in [-0.05, 0) is 44.4 Å². The molecule has 2 heterocycles. The molecule has 0 bridgehead atoms. The third kappa shape index (κ3) is 3.50. The summed E-state index contributed by atoms with van der Waals surface area (Å²) >= 11 is 0. The minimum Gasteiger partial charge on any atom is -0.462 e. The highest BCUT2D eigenvalue weighted by atomic mass is 16.5. The molecule has 4 heteroatoms. The van der Waals surface area contributed by atoms with Crippen molar-refractivity contribution in [1.82, 2.24) is 4.90 Å². The zero-order valence-electron chi connectivity index (χ0n) is 13.0. The Kier molecular flexibility index (Phi) is 4.67. The predicted molar refractivity (Wildman–Crippen MR) is 81.0 cm³/mol. The number of ether oxygens (including phenoxy) is 1. The molecule has 2 fully saturated rings. The number of methoxy groups -OCH3 is 1. The topological polar surface area (TPSA) is 45.8 Å². The van der Waals surface area contributed by atoms with Crippen molar-refractivity contribution in [3.8, 4) is 0 Å². The first-order valence-corrected chi connectivity index (χ1v) is 8.24. The molecule has 2 aliphatic rings. The Morgan fingerprint density at radius 3 is 2.86 bits per heavy atom. The van der Waals surface area contributed by atoms with Gasteiger partial charge in [0, 0.05) is 13.7 Å². The summed E-state index contributed by atoms with van der Waals surface area (Å²) in [5.74, 6) is 1.91. The normalized spacial score (nSPS) is 26.3. The SMILES string of the molecule is COCc1ccc(C2CCCN2CC2(O)CCCCC2)o1. The maximum atomic E-state index is 10.8. The number of rotatable bonds is 5. The average Bonchev–Trinajstić information content (AvgIpc) is 3.08. The number of β-amino-alcohol motifs (C(OH)–C–C–N with tert-alkyl or cyclic N) is 1. The van der Waals surface area contributed by atoms with E-state index in [1.807, 2.05) is 6.07 Å². The fraction of sp³-hybridized carbons (Fsp3) is 0.765. The van der Waals surface area contributed by atoms with Gasteiger partial charge in [0.05, 0.1) is 11.6 Å². The van der Waals surface area contributed by atoms with Gasteiger partial charge in [-0.25, -0.2) is 0 Å². The van der Waals surface area contributed by atoms with Gasteiger partial charge in [-0.2, -0.15) is 0 Å². The Morgan fingerprint density at radius 2 is 2.10 bits per heavy atom. The number of nitrogens with zero attached hydrogens (tertiary/aromatic N) is 1. The Morgan fingerprint density at radius 1 is 1.29 bits per heavy atom. The van der Waals surface area contributed by atoms with Crippen LogP contribution in [0.1, 0.15) is 62.5 Å². The molecule has 0 amide bonds. The van der Waals surface area contributed by atoms with Crippen LogP contribution in [-0.4, -0.2) is 35.8 Å². The molecule has 1 aromatic heterocycles. The van der Waals surface area contributed by atoms with E-state index in [9.17, 15) is 5.11 Å². The highest BCUT2D eigenvalue weighted by Gasteiger charge is 2.36. The first-order chi connectivity index (χ1) is 10.2. The molecule has 118 valence electrons. The predicted octanol–water partition coefficient (Wildman–Crippen LogP) is 3.26. The number of aliphatic hydroxyl groups is 1. The van der Waals surface area contributed by atoms with Gasteiger partial charge in [-0.15, -0.1) is 0 Å². The van der Waals surface area contributed by atoms with E-state index in [0.29, 0.717) is 12.6 Å². The Balaban J connectivity index is 1.66. The van der Waals surface area contributed by atoms with Crippen molar-refractivity contribution < 1.29 is 14.3 Å². The second-order valence-electron chi connectivity index (χ2n) is 6.65. The molecule has 21 heavy (non-hydrogen) atoms. The van der Waals surface area contributed by atoms with E-state index in [0.717, 1.165) is 56.7 Å². The molecule has 1 saturated carbocycles. The summed E-state index contributed by atoms with van der Waals surface area (Å²) in [5, 5.41) is 10.8. The van der Waals surface area contributed by atoms with Crippen molar-refractivity contribution in [3.05, 3.63) is 23.7 Å². The van der Waals surface area contributed by atoms with E-state index in [1.165, 1.54) is 12.8 Å². The van der Waals surface area contributed by atoms with Crippen molar-refractivity contribution in [1.29, 1.82) is 0 Å². The van der Waals surface area contributed by atoms with Crippen LogP contribution in [0.25, 0.3) is 0 Å². The standard InChI is InChI=1S/C17H27NO3/c1-20-12-14-7-8-16(21-14)15-6-5-11-18(15)13-17(19)9-3-2-4-10-17/h7-8,15,19H,2-6,9-13H2,1H3. The van der Waals surface area contributed by atoms with E-state index in [2.05, 4.69) is 11.0 Å². The zero-order valence-corrected chi connectivity index (χ0v) is 13.0. The molecule has 1 aliphatic carbocycles. The van der Waals surface area contributed by atoms with Gasteiger partial charge in [-0.1, -0.05) is 19.3 Å². The molecule has 1 atom stereocenters. The van der Waals surface area contributed by atoms with Gasteiger partial charge in [0.25, 0.3) is 0 Å². The zero-order chi connectivity index (χ0) is 14.7. The number of likely N-dealkylation sites (tertiary alicyclic amines) is 1. The van der Waals surface area contributed by atoms with Crippen molar-refractivity contribution in [2.75, 3.05) is 20.2 Å². The smallest absolute Gasteiger partial charge is 0.129 e. The molecule has 0 spiro atoms. The number of furan rings is 1. The summed E-state index contributed by atoms with van der Waals surface area (Å²) in [6, 6.07) is 4.40. The summed E-state index contributed by atoms with van der Waals surface area (Å²) < 4.78 is 11.0. The third-order valence-corrected chi connectivity index (χ3v) is 4.94. The van der Waals surface area contributed by atoms with Gasteiger partial charge in [0.1, 0.15) is 18.1 Å². The lowest BCUT2D eigenvalue weighted by Crippen LogP contribution is -2.44. The van der Waals surface area contributed by atoms with Crippen molar-refractivity contribution in [2.45, 2.75) is 63.2 Å². The van der Waals surface area contributed by atoms with E-state index in [4.69, 9.17) is 9.15 Å². The molecular formula is C17H27NO3. The lowest BCUT2D eigenvalue weighted by Gasteiger charge is -2.37. The lowest BCUT2D eigenvalue weighted by molar-refractivity contribution is -0.0308. The molecular weight excluding hydrogens is 266 g/mol. The van der Waals surface area contributed by atoms with Crippen LogP contribution in [0.15, 0.2) is 16.5 Å². The lowest BCUT2D eigenvalue weighted by atomic mass is 9.84. The largest absolute Gasteiger partial charge is 0.462 e. The second-order valence-corrected chi connectivity index (χ2v) is 6.65. The van der Waals surface area contributed by atoms with Crippen LogP contribution < -0.4 is 0 Å². The van der Waals surface area contributed by atoms with Crippen LogP contribution >= 0.6 is 0 Å². The molecule has 4 nitrogen and oxygen atoms in total. The molecule has 0 radical (unpaired) electrons. The van der Waals surface area contributed by atoms with Gasteiger partial charge in [0.2, 0.25) is 0 Å². The number of hydrogen-bond acceptors (Lipinski definition) is 4. The average molecular weight is 293 g/mol. The van der Waals surface area contributed by atoms with Crippen molar-refractivity contribution >= 4 is 0 Å². The van der Waals surface area contributed by atoms with Crippen LogP contribution in [0, 0.1) is 0 Å².